The maximum absolute atomic E-state index is 11.0. The summed E-state index contributed by atoms with van der Waals surface area (Å²) in [6.07, 6.45) is 0. The van der Waals surface area contributed by atoms with E-state index < -0.39 is 5.63 Å². The first-order valence-electron chi connectivity index (χ1n) is 3.66. The summed E-state index contributed by atoms with van der Waals surface area (Å²) < 4.78 is 4.87. The Kier molecular flexibility index (Phi) is 1.60. The van der Waals surface area contributed by atoms with Crippen molar-refractivity contribution in [3.05, 3.63) is 46.3 Å². The molecule has 3 heteroatoms. The fourth-order valence-electron chi connectivity index (χ4n) is 1.07. The average molecular weight is 170 g/mol. The summed E-state index contributed by atoms with van der Waals surface area (Å²) in [6, 6.07) is 11.3. The predicted octanol–water partition coefficient (Wildman–Crippen LogP) is 1.46. The zero-order chi connectivity index (χ0) is 9.26. The number of rotatable bonds is 0. The topological polar surface area (TPSA) is 54.0 Å². The zero-order valence-corrected chi connectivity index (χ0v) is 6.57. The highest BCUT2D eigenvalue weighted by Crippen LogP contribution is 2.10. The summed E-state index contributed by atoms with van der Waals surface area (Å²) in [6.45, 7) is 0. The SMILES string of the molecule is N#Cc1[c]c2ccccc2oc1=O. The maximum Gasteiger partial charge on any atom is 0.354 e. The molecule has 1 aromatic carbocycles. The van der Waals surface area contributed by atoms with E-state index in [1.165, 1.54) is 0 Å². The lowest BCUT2D eigenvalue weighted by atomic mass is 10.2. The van der Waals surface area contributed by atoms with Crippen molar-refractivity contribution in [3.8, 4) is 6.07 Å². The van der Waals surface area contributed by atoms with Crippen molar-refractivity contribution >= 4 is 11.0 Å². The molecular formula is C10H4NO2. The van der Waals surface area contributed by atoms with Gasteiger partial charge in [0, 0.05) is 11.5 Å². The van der Waals surface area contributed by atoms with Crippen LogP contribution >= 0.6 is 0 Å². The van der Waals surface area contributed by atoms with Gasteiger partial charge in [0.15, 0.2) is 0 Å². The third-order valence-corrected chi connectivity index (χ3v) is 1.67. The van der Waals surface area contributed by atoms with Crippen LogP contribution in [0.2, 0.25) is 0 Å². The first-order valence-corrected chi connectivity index (χ1v) is 3.66. The highest BCUT2D eigenvalue weighted by atomic mass is 16.4. The molecule has 2 aromatic rings. The van der Waals surface area contributed by atoms with Crippen LogP contribution in [0, 0.1) is 17.4 Å². The molecule has 0 aliphatic rings. The lowest BCUT2D eigenvalue weighted by Gasteiger charge is -1.93. The van der Waals surface area contributed by atoms with Crippen molar-refractivity contribution < 1.29 is 4.42 Å². The molecule has 0 aliphatic carbocycles. The molecule has 1 heterocycles. The predicted molar refractivity (Wildman–Crippen MR) is 46.0 cm³/mol. The zero-order valence-electron chi connectivity index (χ0n) is 6.57. The smallest absolute Gasteiger partial charge is 0.354 e. The lowest BCUT2D eigenvalue weighted by Crippen LogP contribution is -2.03. The molecule has 0 bridgehead atoms. The van der Waals surface area contributed by atoms with Gasteiger partial charge >= 0.3 is 5.63 Å². The fraction of sp³-hybridized carbons (Fsp3) is 0. The molecule has 0 spiro atoms. The van der Waals surface area contributed by atoms with Gasteiger partial charge in [0.25, 0.3) is 0 Å². The maximum atomic E-state index is 11.0. The van der Waals surface area contributed by atoms with Crippen molar-refractivity contribution in [2.45, 2.75) is 0 Å². The summed E-state index contributed by atoms with van der Waals surface area (Å²) in [5, 5.41) is 9.17. The molecule has 0 aliphatic heterocycles. The highest BCUT2D eigenvalue weighted by Gasteiger charge is 2.02. The molecule has 1 aromatic heterocycles. The Bertz CT molecular complexity index is 549. The molecule has 0 unspecified atom stereocenters. The van der Waals surface area contributed by atoms with Crippen molar-refractivity contribution in [1.29, 1.82) is 5.26 Å². The van der Waals surface area contributed by atoms with Gasteiger partial charge in [-0.1, -0.05) is 18.2 Å². The molecule has 1 radical (unpaired) electrons. The second-order valence-corrected chi connectivity index (χ2v) is 2.50. The van der Waals surface area contributed by atoms with Crippen LogP contribution in [0.15, 0.2) is 33.5 Å². The first kappa shape index (κ1) is 7.56. The summed E-state index contributed by atoms with van der Waals surface area (Å²) in [4.78, 5) is 11.0. The Balaban J connectivity index is 2.91. The molecule has 13 heavy (non-hydrogen) atoms. The van der Waals surface area contributed by atoms with Gasteiger partial charge < -0.3 is 4.42 Å². The summed E-state index contributed by atoms with van der Waals surface area (Å²) in [5.74, 6) is 0. The van der Waals surface area contributed by atoms with Gasteiger partial charge in [-0.2, -0.15) is 5.26 Å². The number of hydrogen-bond acceptors (Lipinski definition) is 3. The van der Waals surface area contributed by atoms with Crippen LogP contribution in [-0.2, 0) is 0 Å². The van der Waals surface area contributed by atoms with Crippen LogP contribution < -0.4 is 5.63 Å². The van der Waals surface area contributed by atoms with Crippen LogP contribution in [0.3, 0.4) is 0 Å². The Labute approximate surface area is 73.8 Å². The minimum absolute atomic E-state index is 0.0845. The van der Waals surface area contributed by atoms with Crippen molar-refractivity contribution in [1.82, 2.24) is 0 Å². The molecule has 0 saturated heterocycles. The molecule has 0 fully saturated rings. The van der Waals surface area contributed by atoms with E-state index in [1.807, 2.05) is 0 Å². The van der Waals surface area contributed by atoms with Crippen LogP contribution in [-0.4, -0.2) is 0 Å². The van der Waals surface area contributed by atoms with E-state index in [-0.39, 0.29) is 5.56 Å². The monoisotopic (exact) mass is 170 g/mol. The third-order valence-electron chi connectivity index (χ3n) is 1.67. The summed E-state index contributed by atoms with van der Waals surface area (Å²) >= 11 is 0. The van der Waals surface area contributed by atoms with Crippen LogP contribution in [0.5, 0.6) is 0 Å². The molecule has 61 valence electrons. The Morgan fingerprint density at radius 2 is 2.15 bits per heavy atom. The van der Waals surface area contributed by atoms with E-state index in [1.54, 1.807) is 30.3 Å². The standard InChI is InChI=1S/C10H4NO2/c11-6-8-5-7-3-1-2-4-9(7)13-10(8)12/h1-4H. The minimum atomic E-state index is -0.638. The van der Waals surface area contributed by atoms with Gasteiger partial charge in [-0.25, -0.2) is 4.79 Å². The van der Waals surface area contributed by atoms with Crippen LogP contribution in [0.1, 0.15) is 5.56 Å². The molecule has 0 saturated carbocycles. The number of nitrogens with zero attached hydrogens (tertiary/aromatic N) is 1. The van der Waals surface area contributed by atoms with Crippen LogP contribution in [0.25, 0.3) is 11.0 Å². The van der Waals surface area contributed by atoms with E-state index in [0.717, 1.165) is 0 Å². The second-order valence-electron chi connectivity index (χ2n) is 2.50. The molecule has 0 atom stereocenters. The second kappa shape index (κ2) is 2.76. The molecule has 0 amide bonds. The normalized spacial score (nSPS) is 9.77. The van der Waals surface area contributed by atoms with Gasteiger partial charge in [-0.05, 0) is 6.07 Å². The van der Waals surface area contributed by atoms with Gasteiger partial charge in [0.1, 0.15) is 17.2 Å². The van der Waals surface area contributed by atoms with E-state index in [2.05, 4.69) is 6.07 Å². The molecule has 3 nitrogen and oxygen atoms in total. The van der Waals surface area contributed by atoms with E-state index in [0.29, 0.717) is 11.0 Å². The van der Waals surface area contributed by atoms with Crippen molar-refractivity contribution in [2.75, 3.05) is 0 Å². The molecule has 2 rings (SSSR count). The number of para-hydroxylation sites is 1. The summed E-state index contributed by atoms with van der Waals surface area (Å²) in [5.41, 5.74) is -0.272. The molecular weight excluding hydrogens is 166 g/mol. The number of hydrogen-bond donors (Lipinski definition) is 0. The average Bonchev–Trinajstić information content (AvgIpc) is 2.17. The van der Waals surface area contributed by atoms with E-state index in [4.69, 9.17) is 9.68 Å². The Morgan fingerprint density at radius 1 is 1.38 bits per heavy atom. The van der Waals surface area contributed by atoms with E-state index >= 15 is 0 Å². The first-order chi connectivity index (χ1) is 6.31. The lowest BCUT2D eigenvalue weighted by molar-refractivity contribution is 0.558. The number of fused-ring (bicyclic) bond motifs is 1. The Hall–Kier alpha value is -2.08. The van der Waals surface area contributed by atoms with Gasteiger partial charge in [0.2, 0.25) is 0 Å². The largest absolute Gasteiger partial charge is 0.422 e. The fourth-order valence-corrected chi connectivity index (χ4v) is 1.07. The van der Waals surface area contributed by atoms with Crippen LogP contribution in [0.4, 0.5) is 0 Å². The number of benzene rings is 1. The highest BCUT2D eigenvalue weighted by molar-refractivity contribution is 5.76. The minimum Gasteiger partial charge on any atom is -0.422 e. The third kappa shape index (κ3) is 1.18. The van der Waals surface area contributed by atoms with Crippen molar-refractivity contribution in [2.24, 2.45) is 0 Å². The van der Waals surface area contributed by atoms with Gasteiger partial charge in [-0.3, -0.25) is 0 Å². The van der Waals surface area contributed by atoms with Gasteiger partial charge in [-0.15, -0.1) is 0 Å². The molecule has 0 N–H and O–H groups in total. The van der Waals surface area contributed by atoms with Crippen molar-refractivity contribution in [3.63, 3.8) is 0 Å². The summed E-state index contributed by atoms with van der Waals surface area (Å²) in [7, 11) is 0. The van der Waals surface area contributed by atoms with Gasteiger partial charge in [0.05, 0.1) is 0 Å². The van der Waals surface area contributed by atoms with E-state index in [9.17, 15) is 4.79 Å². The Morgan fingerprint density at radius 3 is 2.92 bits per heavy atom. The quantitative estimate of drug-likeness (QED) is 0.562. The number of nitriles is 1.